The van der Waals surface area contributed by atoms with E-state index in [0.717, 1.165) is 12.3 Å². The van der Waals surface area contributed by atoms with Crippen LogP contribution in [0.1, 0.15) is 6.92 Å². The highest BCUT2D eigenvalue weighted by Gasteiger charge is 2.30. The number of nitrogens with zero attached hydrogens (tertiary/aromatic N) is 1. The summed E-state index contributed by atoms with van der Waals surface area (Å²) in [6, 6.07) is 0.0300. The first-order valence-electron chi connectivity index (χ1n) is 4.67. The van der Waals surface area contributed by atoms with Crippen LogP contribution in [0.4, 0.5) is 0 Å². The van der Waals surface area contributed by atoms with Crippen molar-refractivity contribution in [1.29, 1.82) is 0 Å². The molecule has 1 fully saturated rings. The Morgan fingerprint density at radius 2 is 2.29 bits per heavy atom. The minimum atomic E-state index is -2.97. The van der Waals surface area contributed by atoms with Crippen LogP contribution in [0.15, 0.2) is 0 Å². The normalized spacial score (nSPS) is 27.5. The molecule has 1 rings (SSSR count). The SMILES string of the molecule is C[C@@H](N)CN1CCSCC1S(C)(=O)=O. The van der Waals surface area contributed by atoms with Gasteiger partial charge in [0.25, 0.3) is 0 Å². The molecule has 14 heavy (non-hydrogen) atoms. The Morgan fingerprint density at radius 1 is 1.64 bits per heavy atom. The van der Waals surface area contributed by atoms with Gasteiger partial charge in [-0.2, -0.15) is 11.8 Å². The van der Waals surface area contributed by atoms with Crippen molar-refractivity contribution >= 4 is 21.6 Å². The molecule has 4 nitrogen and oxygen atoms in total. The number of sulfone groups is 1. The Labute approximate surface area is 90.1 Å². The van der Waals surface area contributed by atoms with Gasteiger partial charge >= 0.3 is 0 Å². The fraction of sp³-hybridized carbons (Fsp3) is 1.00. The maximum absolute atomic E-state index is 11.5. The smallest absolute Gasteiger partial charge is 0.164 e. The first kappa shape index (κ1) is 12.3. The summed E-state index contributed by atoms with van der Waals surface area (Å²) in [7, 11) is -2.97. The van der Waals surface area contributed by atoms with Crippen molar-refractivity contribution < 1.29 is 8.42 Å². The molecule has 0 aromatic carbocycles. The molecule has 0 saturated carbocycles. The number of hydrogen-bond donors (Lipinski definition) is 1. The van der Waals surface area contributed by atoms with Gasteiger partial charge in [0.2, 0.25) is 0 Å². The standard InChI is InChI=1S/C8H18N2O2S2/c1-7(9)5-10-3-4-13-6-8(10)14(2,11)12/h7-8H,3-6,9H2,1-2H3/t7-,8?/m1/s1. The summed E-state index contributed by atoms with van der Waals surface area (Å²) >= 11 is 1.70. The topological polar surface area (TPSA) is 63.4 Å². The van der Waals surface area contributed by atoms with E-state index in [9.17, 15) is 8.42 Å². The van der Waals surface area contributed by atoms with Gasteiger partial charge in [-0.05, 0) is 6.92 Å². The summed E-state index contributed by atoms with van der Waals surface area (Å²) in [4.78, 5) is 1.98. The van der Waals surface area contributed by atoms with Crippen LogP contribution in [0.25, 0.3) is 0 Å². The van der Waals surface area contributed by atoms with E-state index in [1.807, 2.05) is 11.8 Å². The van der Waals surface area contributed by atoms with E-state index in [0.29, 0.717) is 12.3 Å². The van der Waals surface area contributed by atoms with Gasteiger partial charge < -0.3 is 5.73 Å². The van der Waals surface area contributed by atoms with Crippen molar-refractivity contribution in [3.63, 3.8) is 0 Å². The van der Waals surface area contributed by atoms with Gasteiger partial charge in [-0.3, -0.25) is 4.90 Å². The van der Waals surface area contributed by atoms with Crippen LogP contribution in [-0.4, -0.2) is 55.6 Å². The molecule has 1 aliphatic rings. The van der Waals surface area contributed by atoms with Crippen molar-refractivity contribution in [1.82, 2.24) is 4.90 Å². The molecule has 6 heteroatoms. The first-order chi connectivity index (χ1) is 6.41. The fourth-order valence-corrected chi connectivity index (χ4v) is 4.54. The van der Waals surface area contributed by atoms with Crippen molar-refractivity contribution in [3.05, 3.63) is 0 Å². The Hall–Kier alpha value is 0.220. The summed E-state index contributed by atoms with van der Waals surface area (Å²) in [5, 5.41) is -0.341. The number of hydrogen-bond acceptors (Lipinski definition) is 5. The van der Waals surface area contributed by atoms with Gasteiger partial charge in [-0.25, -0.2) is 8.42 Å². The van der Waals surface area contributed by atoms with Crippen molar-refractivity contribution in [3.8, 4) is 0 Å². The van der Waals surface area contributed by atoms with Crippen LogP contribution in [0.5, 0.6) is 0 Å². The number of rotatable bonds is 3. The average Bonchev–Trinajstić information content (AvgIpc) is 2.01. The van der Waals surface area contributed by atoms with E-state index in [-0.39, 0.29) is 11.4 Å². The summed E-state index contributed by atoms with van der Waals surface area (Å²) in [6.07, 6.45) is 1.30. The van der Waals surface area contributed by atoms with Gasteiger partial charge in [0.05, 0.1) is 0 Å². The zero-order valence-corrected chi connectivity index (χ0v) is 10.3. The molecule has 0 amide bonds. The lowest BCUT2D eigenvalue weighted by Crippen LogP contribution is -2.50. The predicted octanol–water partition coefficient (Wildman–Crippen LogP) is -0.247. The van der Waals surface area contributed by atoms with E-state index < -0.39 is 9.84 Å². The molecule has 0 aromatic heterocycles. The third-order valence-corrected chi connectivity index (χ3v) is 4.89. The lowest BCUT2D eigenvalue weighted by Gasteiger charge is -2.34. The maximum Gasteiger partial charge on any atom is 0.164 e. The van der Waals surface area contributed by atoms with E-state index >= 15 is 0 Å². The fourth-order valence-electron chi connectivity index (χ4n) is 1.59. The minimum absolute atomic E-state index is 0.0300. The summed E-state index contributed by atoms with van der Waals surface area (Å²) in [5.41, 5.74) is 5.69. The van der Waals surface area contributed by atoms with Crippen LogP contribution in [0.3, 0.4) is 0 Å². The molecule has 0 bridgehead atoms. The summed E-state index contributed by atoms with van der Waals surface area (Å²) < 4.78 is 23.0. The van der Waals surface area contributed by atoms with E-state index in [4.69, 9.17) is 5.73 Å². The highest BCUT2D eigenvalue weighted by atomic mass is 32.2. The van der Waals surface area contributed by atoms with Gasteiger partial charge in [0.15, 0.2) is 9.84 Å². The number of thioether (sulfide) groups is 1. The summed E-state index contributed by atoms with van der Waals surface area (Å²) in [6.45, 7) is 3.39. The molecule has 1 aliphatic heterocycles. The van der Waals surface area contributed by atoms with E-state index in [1.165, 1.54) is 6.26 Å². The summed E-state index contributed by atoms with van der Waals surface area (Å²) in [5.74, 6) is 1.67. The molecule has 0 spiro atoms. The highest BCUT2D eigenvalue weighted by molar-refractivity contribution is 8.00. The van der Waals surface area contributed by atoms with Gasteiger partial charge in [-0.15, -0.1) is 0 Å². The van der Waals surface area contributed by atoms with Crippen LogP contribution in [0, 0.1) is 0 Å². The van der Waals surface area contributed by atoms with Crippen molar-refractivity contribution in [2.24, 2.45) is 5.73 Å². The second kappa shape index (κ2) is 4.83. The molecule has 84 valence electrons. The van der Waals surface area contributed by atoms with Crippen LogP contribution < -0.4 is 5.73 Å². The average molecular weight is 238 g/mol. The number of nitrogens with two attached hydrogens (primary N) is 1. The molecule has 1 unspecified atom stereocenters. The Bertz CT molecular complexity index is 277. The molecule has 2 N–H and O–H groups in total. The van der Waals surface area contributed by atoms with Gasteiger partial charge in [-0.1, -0.05) is 0 Å². The molecule has 0 aliphatic carbocycles. The van der Waals surface area contributed by atoms with Crippen LogP contribution >= 0.6 is 11.8 Å². The zero-order chi connectivity index (χ0) is 10.8. The zero-order valence-electron chi connectivity index (χ0n) is 8.64. The quantitative estimate of drug-likeness (QED) is 0.735. The van der Waals surface area contributed by atoms with Crippen LogP contribution in [0.2, 0.25) is 0 Å². The van der Waals surface area contributed by atoms with Gasteiger partial charge in [0, 0.05) is 36.9 Å². The maximum atomic E-state index is 11.5. The highest BCUT2D eigenvalue weighted by Crippen LogP contribution is 2.20. The molecule has 0 aromatic rings. The van der Waals surface area contributed by atoms with Crippen LogP contribution in [-0.2, 0) is 9.84 Å². The third-order valence-electron chi connectivity index (χ3n) is 2.21. The molecule has 0 radical (unpaired) electrons. The van der Waals surface area contributed by atoms with E-state index in [1.54, 1.807) is 11.8 Å². The third kappa shape index (κ3) is 3.42. The Kier molecular flexibility index (Phi) is 4.24. The lowest BCUT2D eigenvalue weighted by atomic mass is 10.3. The second-order valence-electron chi connectivity index (χ2n) is 3.83. The largest absolute Gasteiger partial charge is 0.327 e. The monoisotopic (exact) mass is 238 g/mol. The Balaban J connectivity index is 2.69. The van der Waals surface area contributed by atoms with E-state index in [2.05, 4.69) is 0 Å². The molecular weight excluding hydrogens is 220 g/mol. The minimum Gasteiger partial charge on any atom is -0.327 e. The predicted molar refractivity (Wildman–Crippen MR) is 61.2 cm³/mol. The van der Waals surface area contributed by atoms with Gasteiger partial charge in [0.1, 0.15) is 5.37 Å². The molecule has 1 saturated heterocycles. The molecule has 1 heterocycles. The molecule has 2 atom stereocenters. The lowest BCUT2D eigenvalue weighted by molar-refractivity contribution is 0.258. The Morgan fingerprint density at radius 3 is 2.79 bits per heavy atom. The van der Waals surface area contributed by atoms with Crippen molar-refractivity contribution in [2.75, 3.05) is 30.9 Å². The second-order valence-corrected chi connectivity index (χ2v) is 7.18. The van der Waals surface area contributed by atoms with Crippen molar-refractivity contribution in [2.45, 2.75) is 18.3 Å². The first-order valence-corrected chi connectivity index (χ1v) is 7.78. The molecular formula is C8H18N2O2S2.